The lowest BCUT2D eigenvalue weighted by Crippen LogP contribution is -2.23. The number of ether oxygens (including phenoxy) is 1. The van der Waals surface area contributed by atoms with Gasteiger partial charge in [0.1, 0.15) is 0 Å². The summed E-state index contributed by atoms with van der Waals surface area (Å²) < 4.78 is 5.28. The van der Waals surface area contributed by atoms with E-state index >= 15 is 0 Å². The van der Waals surface area contributed by atoms with Crippen molar-refractivity contribution in [2.45, 2.75) is 38.2 Å². The lowest BCUT2D eigenvalue weighted by Gasteiger charge is -2.22. The SMILES string of the molecule is OC(C1=CCCCC1)C1CCOC1. The molecule has 0 saturated carbocycles. The molecular weight excluding hydrogens is 164 g/mol. The molecule has 2 rings (SSSR count). The third-order valence-electron chi connectivity index (χ3n) is 3.12. The minimum atomic E-state index is -0.220. The van der Waals surface area contributed by atoms with Crippen molar-refractivity contribution in [3.05, 3.63) is 11.6 Å². The van der Waals surface area contributed by atoms with Gasteiger partial charge in [-0.1, -0.05) is 6.08 Å². The van der Waals surface area contributed by atoms with Crippen molar-refractivity contribution >= 4 is 0 Å². The van der Waals surface area contributed by atoms with Crippen LogP contribution in [0.4, 0.5) is 0 Å². The maximum atomic E-state index is 10.0. The lowest BCUT2D eigenvalue weighted by atomic mass is 9.88. The van der Waals surface area contributed by atoms with Gasteiger partial charge in [0.15, 0.2) is 0 Å². The highest BCUT2D eigenvalue weighted by molar-refractivity contribution is 5.12. The molecule has 0 aromatic carbocycles. The maximum absolute atomic E-state index is 10.0. The zero-order valence-electron chi connectivity index (χ0n) is 8.04. The first-order valence-electron chi connectivity index (χ1n) is 5.32. The van der Waals surface area contributed by atoms with Gasteiger partial charge in [-0.15, -0.1) is 0 Å². The van der Waals surface area contributed by atoms with Crippen LogP contribution in [0.25, 0.3) is 0 Å². The van der Waals surface area contributed by atoms with Crippen LogP contribution in [-0.4, -0.2) is 24.4 Å². The van der Waals surface area contributed by atoms with E-state index in [1.54, 1.807) is 0 Å². The molecular formula is C11H18O2. The molecule has 2 atom stereocenters. The molecule has 0 spiro atoms. The van der Waals surface area contributed by atoms with Gasteiger partial charge < -0.3 is 9.84 Å². The number of aliphatic hydroxyl groups excluding tert-OH is 1. The summed E-state index contributed by atoms with van der Waals surface area (Å²) >= 11 is 0. The van der Waals surface area contributed by atoms with E-state index in [-0.39, 0.29) is 6.10 Å². The minimum Gasteiger partial charge on any atom is -0.388 e. The molecule has 1 aliphatic carbocycles. The fraction of sp³-hybridized carbons (Fsp3) is 0.818. The first-order valence-corrected chi connectivity index (χ1v) is 5.32. The molecule has 1 aliphatic heterocycles. The highest BCUT2D eigenvalue weighted by Crippen LogP contribution is 2.27. The van der Waals surface area contributed by atoms with E-state index < -0.39 is 0 Å². The molecule has 0 radical (unpaired) electrons. The molecule has 1 fully saturated rings. The smallest absolute Gasteiger partial charge is 0.0801 e. The summed E-state index contributed by atoms with van der Waals surface area (Å²) in [6.45, 7) is 1.58. The Morgan fingerprint density at radius 2 is 2.38 bits per heavy atom. The summed E-state index contributed by atoms with van der Waals surface area (Å²) in [4.78, 5) is 0. The molecule has 0 bridgehead atoms. The second-order valence-corrected chi connectivity index (χ2v) is 4.09. The molecule has 2 unspecified atom stereocenters. The zero-order valence-corrected chi connectivity index (χ0v) is 8.04. The minimum absolute atomic E-state index is 0.220. The topological polar surface area (TPSA) is 29.5 Å². The second-order valence-electron chi connectivity index (χ2n) is 4.09. The summed E-state index contributed by atoms with van der Waals surface area (Å²) in [6.07, 6.45) is 7.82. The van der Waals surface area contributed by atoms with Gasteiger partial charge >= 0.3 is 0 Å². The molecule has 1 N–H and O–H groups in total. The summed E-state index contributed by atoms with van der Waals surface area (Å²) in [5.74, 6) is 0.365. The standard InChI is InChI=1S/C11H18O2/c12-11(10-6-7-13-8-10)9-4-2-1-3-5-9/h4,10-12H,1-3,5-8H2. The fourth-order valence-corrected chi connectivity index (χ4v) is 2.24. The normalized spacial score (nSPS) is 31.5. The molecule has 13 heavy (non-hydrogen) atoms. The summed E-state index contributed by atoms with van der Waals surface area (Å²) in [7, 11) is 0. The van der Waals surface area contributed by atoms with Crippen molar-refractivity contribution in [2.24, 2.45) is 5.92 Å². The van der Waals surface area contributed by atoms with Crippen molar-refractivity contribution in [1.82, 2.24) is 0 Å². The Balaban J connectivity index is 1.94. The third kappa shape index (κ3) is 2.12. The van der Waals surface area contributed by atoms with Crippen LogP contribution in [0.2, 0.25) is 0 Å². The van der Waals surface area contributed by atoms with E-state index in [1.807, 2.05) is 0 Å². The van der Waals surface area contributed by atoms with Crippen molar-refractivity contribution in [3.63, 3.8) is 0 Å². The Kier molecular flexibility index (Phi) is 3.01. The molecule has 0 aromatic rings. The summed E-state index contributed by atoms with van der Waals surface area (Å²) in [5.41, 5.74) is 1.27. The van der Waals surface area contributed by atoms with Crippen molar-refractivity contribution in [2.75, 3.05) is 13.2 Å². The molecule has 2 nitrogen and oxygen atoms in total. The molecule has 1 heterocycles. The van der Waals surface area contributed by atoms with E-state index in [0.29, 0.717) is 5.92 Å². The van der Waals surface area contributed by atoms with Crippen LogP contribution >= 0.6 is 0 Å². The maximum Gasteiger partial charge on any atom is 0.0801 e. The van der Waals surface area contributed by atoms with Gasteiger partial charge in [-0.3, -0.25) is 0 Å². The Morgan fingerprint density at radius 1 is 1.46 bits per heavy atom. The molecule has 0 aromatic heterocycles. The highest BCUT2D eigenvalue weighted by atomic mass is 16.5. The fourth-order valence-electron chi connectivity index (χ4n) is 2.24. The monoisotopic (exact) mass is 182 g/mol. The van der Waals surface area contributed by atoms with Gasteiger partial charge in [0.05, 0.1) is 12.7 Å². The zero-order chi connectivity index (χ0) is 9.10. The van der Waals surface area contributed by atoms with Crippen LogP contribution in [0.15, 0.2) is 11.6 Å². The quantitative estimate of drug-likeness (QED) is 0.661. The Hall–Kier alpha value is -0.340. The van der Waals surface area contributed by atoms with Crippen LogP contribution < -0.4 is 0 Å². The molecule has 2 aliphatic rings. The molecule has 2 heteroatoms. The predicted molar refractivity (Wildman–Crippen MR) is 51.5 cm³/mol. The van der Waals surface area contributed by atoms with E-state index in [0.717, 1.165) is 32.5 Å². The van der Waals surface area contributed by atoms with Gasteiger partial charge in [-0.2, -0.15) is 0 Å². The number of rotatable bonds is 2. The van der Waals surface area contributed by atoms with E-state index in [2.05, 4.69) is 6.08 Å². The molecule has 1 saturated heterocycles. The number of aliphatic hydroxyl groups is 1. The van der Waals surface area contributed by atoms with Crippen LogP contribution in [0, 0.1) is 5.92 Å². The average Bonchev–Trinajstić information content (AvgIpc) is 2.71. The van der Waals surface area contributed by atoms with E-state index in [9.17, 15) is 5.11 Å². The summed E-state index contributed by atoms with van der Waals surface area (Å²) in [5, 5.41) is 10.0. The van der Waals surface area contributed by atoms with Gasteiger partial charge in [0.2, 0.25) is 0 Å². The first kappa shape index (κ1) is 9.22. The van der Waals surface area contributed by atoms with E-state index in [1.165, 1.54) is 18.4 Å². The van der Waals surface area contributed by atoms with Gasteiger partial charge in [0.25, 0.3) is 0 Å². The Labute approximate surface area is 79.6 Å². The molecule has 74 valence electrons. The van der Waals surface area contributed by atoms with Gasteiger partial charge in [-0.05, 0) is 37.7 Å². The number of allylic oxidation sites excluding steroid dienone is 1. The van der Waals surface area contributed by atoms with E-state index in [4.69, 9.17) is 4.74 Å². The largest absolute Gasteiger partial charge is 0.388 e. The van der Waals surface area contributed by atoms with Gasteiger partial charge in [-0.25, -0.2) is 0 Å². The Bertz CT molecular complexity index is 192. The van der Waals surface area contributed by atoms with Crippen LogP contribution in [0.1, 0.15) is 32.1 Å². The molecule has 0 amide bonds. The first-order chi connectivity index (χ1) is 6.38. The lowest BCUT2D eigenvalue weighted by molar-refractivity contribution is 0.113. The Morgan fingerprint density at radius 3 is 3.00 bits per heavy atom. The average molecular weight is 182 g/mol. The van der Waals surface area contributed by atoms with Crippen molar-refractivity contribution < 1.29 is 9.84 Å². The number of hydrogen-bond donors (Lipinski definition) is 1. The predicted octanol–water partition coefficient (Wildman–Crippen LogP) is 1.88. The number of hydrogen-bond acceptors (Lipinski definition) is 2. The van der Waals surface area contributed by atoms with Crippen LogP contribution in [0.3, 0.4) is 0 Å². The summed E-state index contributed by atoms with van der Waals surface area (Å²) in [6, 6.07) is 0. The van der Waals surface area contributed by atoms with Crippen LogP contribution in [0.5, 0.6) is 0 Å². The van der Waals surface area contributed by atoms with Gasteiger partial charge in [0, 0.05) is 12.5 Å². The van der Waals surface area contributed by atoms with Crippen LogP contribution in [-0.2, 0) is 4.74 Å². The van der Waals surface area contributed by atoms with Crippen molar-refractivity contribution in [3.8, 4) is 0 Å². The second kappa shape index (κ2) is 4.25. The van der Waals surface area contributed by atoms with Crippen molar-refractivity contribution in [1.29, 1.82) is 0 Å². The highest BCUT2D eigenvalue weighted by Gasteiger charge is 2.26. The third-order valence-corrected chi connectivity index (χ3v) is 3.12.